The lowest BCUT2D eigenvalue weighted by Gasteiger charge is -2.19. The van der Waals surface area contributed by atoms with Crippen LogP contribution in [-0.4, -0.2) is 22.3 Å². The van der Waals surface area contributed by atoms with Crippen LogP contribution < -0.4 is 0 Å². The number of nitrogens with zero attached hydrogens (tertiary/aromatic N) is 2. The highest BCUT2D eigenvalue weighted by Crippen LogP contribution is 2.30. The first-order valence-electron chi connectivity index (χ1n) is 7.51. The molecule has 1 aromatic heterocycles. The lowest BCUT2D eigenvalue weighted by atomic mass is 9.99. The molecule has 0 radical (unpaired) electrons. The van der Waals surface area contributed by atoms with Crippen molar-refractivity contribution in [3.8, 4) is 0 Å². The van der Waals surface area contributed by atoms with Crippen LogP contribution in [0.4, 0.5) is 4.39 Å². The first-order chi connectivity index (χ1) is 10.1. The second-order valence-electron chi connectivity index (χ2n) is 5.70. The fourth-order valence-corrected chi connectivity index (χ4v) is 3.36. The minimum absolute atomic E-state index is 0.206. The van der Waals surface area contributed by atoms with Crippen molar-refractivity contribution >= 4 is 22.6 Å². The smallest absolute Gasteiger partial charge is 0.127 e. The van der Waals surface area contributed by atoms with Gasteiger partial charge in [0.1, 0.15) is 11.6 Å². The molecule has 1 aromatic carbocycles. The van der Waals surface area contributed by atoms with Crippen molar-refractivity contribution in [3.63, 3.8) is 0 Å². The Kier molecular flexibility index (Phi) is 4.18. The van der Waals surface area contributed by atoms with Crippen molar-refractivity contribution in [2.45, 2.75) is 44.7 Å². The van der Waals surface area contributed by atoms with Crippen molar-refractivity contribution in [2.75, 3.05) is 6.61 Å². The molecule has 1 saturated heterocycles. The fraction of sp³-hybridized carbons (Fsp3) is 0.562. The van der Waals surface area contributed by atoms with Crippen molar-refractivity contribution < 1.29 is 9.13 Å². The van der Waals surface area contributed by atoms with Crippen LogP contribution in [-0.2, 0) is 11.3 Å². The van der Waals surface area contributed by atoms with E-state index in [4.69, 9.17) is 16.3 Å². The number of halogens is 2. The van der Waals surface area contributed by atoms with E-state index in [2.05, 4.69) is 16.5 Å². The molecule has 5 heteroatoms. The molecule has 2 heterocycles. The molecule has 0 bridgehead atoms. The molecule has 0 saturated carbocycles. The third-order valence-corrected chi connectivity index (χ3v) is 4.46. The summed E-state index contributed by atoms with van der Waals surface area (Å²) in [6, 6.07) is 4.70. The topological polar surface area (TPSA) is 27.1 Å². The molecule has 1 aliphatic heterocycles. The molecule has 3 atom stereocenters. The van der Waals surface area contributed by atoms with Gasteiger partial charge in [0.25, 0.3) is 0 Å². The zero-order valence-corrected chi connectivity index (χ0v) is 13.1. The molecule has 3 nitrogen and oxygen atoms in total. The highest BCUT2D eigenvalue weighted by Gasteiger charge is 2.28. The number of aromatic nitrogens is 2. The summed E-state index contributed by atoms with van der Waals surface area (Å²) in [5, 5.41) is -0.206. The van der Waals surface area contributed by atoms with Crippen molar-refractivity contribution in [1.82, 2.24) is 9.55 Å². The van der Waals surface area contributed by atoms with E-state index in [1.54, 1.807) is 12.1 Å². The van der Waals surface area contributed by atoms with Gasteiger partial charge in [0, 0.05) is 19.1 Å². The van der Waals surface area contributed by atoms with Crippen molar-refractivity contribution in [3.05, 3.63) is 29.8 Å². The third kappa shape index (κ3) is 2.79. The summed E-state index contributed by atoms with van der Waals surface area (Å²) in [6.07, 6.45) is 2.30. The number of hydrogen-bond donors (Lipinski definition) is 0. The maximum absolute atomic E-state index is 13.6. The van der Waals surface area contributed by atoms with Gasteiger partial charge in [-0.3, -0.25) is 0 Å². The Morgan fingerprint density at radius 1 is 1.52 bits per heavy atom. The van der Waals surface area contributed by atoms with E-state index in [0.29, 0.717) is 5.92 Å². The zero-order chi connectivity index (χ0) is 15.0. The van der Waals surface area contributed by atoms with Gasteiger partial charge >= 0.3 is 0 Å². The van der Waals surface area contributed by atoms with Crippen LogP contribution >= 0.6 is 11.6 Å². The van der Waals surface area contributed by atoms with Crippen LogP contribution in [0.25, 0.3) is 11.0 Å². The van der Waals surface area contributed by atoms with Crippen molar-refractivity contribution in [1.29, 1.82) is 0 Å². The van der Waals surface area contributed by atoms with Crippen molar-refractivity contribution in [2.24, 2.45) is 5.92 Å². The Morgan fingerprint density at radius 2 is 2.33 bits per heavy atom. The second kappa shape index (κ2) is 5.93. The summed E-state index contributed by atoms with van der Waals surface area (Å²) in [7, 11) is 0. The van der Waals surface area contributed by atoms with Gasteiger partial charge in [-0.2, -0.15) is 0 Å². The van der Waals surface area contributed by atoms with E-state index in [9.17, 15) is 4.39 Å². The Morgan fingerprint density at radius 3 is 3.05 bits per heavy atom. The number of fused-ring (bicyclic) bond motifs is 1. The summed E-state index contributed by atoms with van der Waals surface area (Å²) < 4.78 is 21.4. The normalized spacial score (nSPS) is 23.8. The first kappa shape index (κ1) is 14.8. The standard InChI is InChI=1S/C16H20ClFN2O/c1-3-15-11(6-7-21-15)9-20-14-8-12(18)4-5-13(14)19-16(20)10(2)17/h4-5,8,10-11,15H,3,6-7,9H2,1-2H3. The SMILES string of the molecule is CCC1OCCC1Cn1c(C(C)Cl)nc2ccc(F)cc21. The van der Waals surface area contributed by atoms with Crippen LogP contribution in [0.15, 0.2) is 18.2 Å². The first-order valence-corrected chi connectivity index (χ1v) is 7.95. The van der Waals surface area contributed by atoms with Crippen LogP contribution in [0.5, 0.6) is 0 Å². The molecular formula is C16H20ClFN2O. The monoisotopic (exact) mass is 310 g/mol. The Labute approximate surface area is 129 Å². The van der Waals surface area contributed by atoms with E-state index in [1.807, 2.05) is 6.92 Å². The van der Waals surface area contributed by atoms with Gasteiger partial charge in [0.15, 0.2) is 0 Å². The van der Waals surface area contributed by atoms with Crippen LogP contribution in [0.1, 0.15) is 37.9 Å². The molecule has 1 fully saturated rings. The number of hydrogen-bond acceptors (Lipinski definition) is 2. The summed E-state index contributed by atoms with van der Waals surface area (Å²) in [4.78, 5) is 4.57. The number of alkyl halides is 1. The van der Waals surface area contributed by atoms with E-state index >= 15 is 0 Å². The van der Waals surface area contributed by atoms with Crippen LogP contribution in [0.3, 0.4) is 0 Å². The number of rotatable bonds is 4. The largest absolute Gasteiger partial charge is 0.378 e. The molecule has 1 aliphatic rings. The molecule has 114 valence electrons. The highest BCUT2D eigenvalue weighted by atomic mass is 35.5. The summed E-state index contributed by atoms with van der Waals surface area (Å²) in [5.41, 5.74) is 1.62. The van der Waals surface area contributed by atoms with Gasteiger partial charge in [0.2, 0.25) is 0 Å². The highest BCUT2D eigenvalue weighted by molar-refractivity contribution is 6.20. The third-order valence-electron chi connectivity index (χ3n) is 4.26. The minimum atomic E-state index is -0.243. The lowest BCUT2D eigenvalue weighted by Crippen LogP contribution is -2.21. The van der Waals surface area contributed by atoms with Gasteiger partial charge in [-0.05, 0) is 38.0 Å². The number of benzene rings is 1. The van der Waals surface area contributed by atoms with E-state index in [1.165, 1.54) is 6.07 Å². The molecule has 2 aromatic rings. The van der Waals surface area contributed by atoms with Gasteiger partial charge in [-0.25, -0.2) is 9.37 Å². The summed E-state index contributed by atoms with van der Waals surface area (Å²) in [6.45, 7) is 5.62. The van der Waals surface area contributed by atoms with E-state index < -0.39 is 0 Å². The molecule has 21 heavy (non-hydrogen) atoms. The quantitative estimate of drug-likeness (QED) is 0.788. The predicted molar refractivity (Wildman–Crippen MR) is 82.1 cm³/mol. The maximum Gasteiger partial charge on any atom is 0.127 e. The van der Waals surface area contributed by atoms with Gasteiger partial charge in [-0.15, -0.1) is 11.6 Å². The fourth-order valence-electron chi connectivity index (χ4n) is 3.20. The Bertz CT molecular complexity index is 640. The number of imidazole rings is 1. The second-order valence-corrected chi connectivity index (χ2v) is 6.35. The summed E-state index contributed by atoms with van der Waals surface area (Å²) in [5.74, 6) is 0.996. The van der Waals surface area contributed by atoms with Crippen LogP contribution in [0, 0.1) is 11.7 Å². The molecule has 0 amide bonds. The van der Waals surface area contributed by atoms with E-state index in [-0.39, 0.29) is 17.3 Å². The predicted octanol–water partition coefficient (Wildman–Crippen LogP) is 4.29. The van der Waals surface area contributed by atoms with E-state index in [0.717, 1.165) is 42.9 Å². The Hall–Kier alpha value is -1.13. The molecule has 0 spiro atoms. The minimum Gasteiger partial charge on any atom is -0.378 e. The Balaban J connectivity index is 2.02. The molecule has 0 aliphatic carbocycles. The van der Waals surface area contributed by atoms with Gasteiger partial charge in [-0.1, -0.05) is 6.92 Å². The van der Waals surface area contributed by atoms with Crippen LogP contribution in [0.2, 0.25) is 0 Å². The lowest BCUT2D eigenvalue weighted by molar-refractivity contribution is 0.0835. The molecule has 0 N–H and O–H groups in total. The molecule has 3 rings (SSSR count). The van der Waals surface area contributed by atoms with Gasteiger partial charge < -0.3 is 9.30 Å². The maximum atomic E-state index is 13.6. The molecule has 3 unspecified atom stereocenters. The molecular weight excluding hydrogens is 291 g/mol. The zero-order valence-electron chi connectivity index (χ0n) is 12.4. The van der Waals surface area contributed by atoms with Gasteiger partial charge in [0.05, 0.1) is 22.5 Å². The number of ether oxygens (including phenoxy) is 1. The summed E-state index contributed by atoms with van der Waals surface area (Å²) >= 11 is 6.27. The average molecular weight is 311 g/mol. The average Bonchev–Trinajstić information content (AvgIpc) is 3.04.